The molecule has 3 rings (SSSR count). The van der Waals surface area contributed by atoms with Gasteiger partial charge in [-0.3, -0.25) is 0 Å². The highest BCUT2D eigenvalue weighted by Gasteiger charge is 2.24. The third-order valence-corrected chi connectivity index (χ3v) is 4.30. The molecule has 0 spiro atoms. The van der Waals surface area contributed by atoms with Gasteiger partial charge in [0.25, 0.3) is 0 Å². The number of fused-ring (bicyclic) bond motifs is 1. The third kappa shape index (κ3) is 2.44. The van der Waals surface area contributed by atoms with Crippen LogP contribution in [-0.2, 0) is 0 Å². The van der Waals surface area contributed by atoms with Gasteiger partial charge in [-0.1, -0.05) is 32.3 Å². The zero-order chi connectivity index (χ0) is 13.2. The molecule has 19 heavy (non-hydrogen) atoms. The topological polar surface area (TPSA) is 42.2 Å². The number of nitrogens with one attached hydrogen (secondary N) is 1. The van der Waals surface area contributed by atoms with Gasteiger partial charge in [-0.15, -0.1) is 5.10 Å². The van der Waals surface area contributed by atoms with Crippen molar-refractivity contribution < 1.29 is 0 Å². The number of hydrogen-bond donors (Lipinski definition) is 1. The molecule has 1 N–H and O–H groups in total. The van der Waals surface area contributed by atoms with Crippen LogP contribution in [0.4, 0.5) is 5.95 Å². The van der Waals surface area contributed by atoms with E-state index in [0.29, 0.717) is 6.04 Å². The van der Waals surface area contributed by atoms with Crippen molar-refractivity contribution in [1.82, 2.24) is 14.6 Å². The predicted octanol–water partition coefficient (Wildman–Crippen LogP) is 3.42. The molecule has 2 unspecified atom stereocenters. The SMILES string of the molecule is CCC1CCCCC1Nc1nc2cccc(C)n2n1. The Kier molecular flexibility index (Phi) is 3.40. The van der Waals surface area contributed by atoms with E-state index < -0.39 is 0 Å². The molecule has 2 aromatic heterocycles. The highest BCUT2D eigenvalue weighted by atomic mass is 15.4. The maximum Gasteiger partial charge on any atom is 0.243 e. The highest BCUT2D eigenvalue weighted by molar-refractivity contribution is 5.44. The van der Waals surface area contributed by atoms with Gasteiger partial charge in [-0.25, -0.2) is 4.52 Å². The smallest absolute Gasteiger partial charge is 0.243 e. The Bertz CT molecular complexity index is 560. The molecule has 1 aliphatic carbocycles. The Balaban J connectivity index is 1.82. The molecule has 2 heterocycles. The maximum atomic E-state index is 4.58. The van der Waals surface area contributed by atoms with Crippen molar-refractivity contribution in [3.8, 4) is 0 Å². The summed E-state index contributed by atoms with van der Waals surface area (Å²) >= 11 is 0. The molecule has 2 atom stereocenters. The van der Waals surface area contributed by atoms with E-state index in [2.05, 4.69) is 35.3 Å². The first-order chi connectivity index (χ1) is 9.28. The molecule has 0 aromatic carbocycles. The Labute approximate surface area is 114 Å². The third-order valence-electron chi connectivity index (χ3n) is 4.30. The summed E-state index contributed by atoms with van der Waals surface area (Å²) in [5.74, 6) is 1.54. The Morgan fingerprint density at radius 2 is 2.16 bits per heavy atom. The molecule has 0 bridgehead atoms. The summed E-state index contributed by atoms with van der Waals surface area (Å²) in [5, 5.41) is 8.13. The van der Waals surface area contributed by atoms with Crippen molar-refractivity contribution >= 4 is 11.6 Å². The molecule has 1 aliphatic rings. The second-order valence-electron chi connectivity index (χ2n) is 5.58. The van der Waals surface area contributed by atoms with Crippen molar-refractivity contribution in [3.63, 3.8) is 0 Å². The van der Waals surface area contributed by atoms with Crippen LogP contribution in [0.5, 0.6) is 0 Å². The lowest BCUT2D eigenvalue weighted by atomic mass is 9.83. The Morgan fingerprint density at radius 1 is 1.32 bits per heavy atom. The lowest BCUT2D eigenvalue weighted by Crippen LogP contribution is -2.32. The first kappa shape index (κ1) is 12.5. The maximum absolute atomic E-state index is 4.58. The molecular weight excluding hydrogens is 236 g/mol. The van der Waals surface area contributed by atoms with E-state index in [1.165, 1.54) is 32.1 Å². The van der Waals surface area contributed by atoms with Crippen LogP contribution >= 0.6 is 0 Å². The zero-order valence-corrected chi connectivity index (χ0v) is 11.8. The second kappa shape index (κ2) is 5.19. The normalized spacial score (nSPS) is 23.7. The minimum absolute atomic E-state index is 0.538. The lowest BCUT2D eigenvalue weighted by Gasteiger charge is -2.31. The van der Waals surface area contributed by atoms with Crippen molar-refractivity contribution in [3.05, 3.63) is 23.9 Å². The zero-order valence-electron chi connectivity index (χ0n) is 11.8. The molecule has 4 nitrogen and oxygen atoms in total. The fourth-order valence-electron chi connectivity index (χ4n) is 3.15. The van der Waals surface area contributed by atoms with Crippen molar-refractivity contribution in [2.75, 3.05) is 5.32 Å². The van der Waals surface area contributed by atoms with Gasteiger partial charge in [0.1, 0.15) is 0 Å². The van der Waals surface area contributed by atoms with E-state index in [1.54, 1.807) is 0 Å². The molecule has 102 valence electrons. The van der Waals surface area contributed by atoms with E-state index in [9.17, 15) is 0 Å². The summed E-state index contributed by atoms with van der Waals surface area (Å²) < 4.78 is 1.91. The van der Waals surface area contributed by atoms with Gasteiger partial charge in [0.2, 0.25) is 5.95 Å². The van der Waals surface area contributed by atoms with Gasteiger partial charge in [0.15, 0.2) is 5.65 Å². The number of aryl methyl sites for hydroxylation is 1. The van der Waals surface area contributed by atoms with E-state index in [4.69, 9.17) is 0 Å². The number of anilines is 1. The molecule has 0 radical (unpaired) electrons. The minimum atomic E-state index is 0.538. The Morgan fingerprint density at radius 3 is 2.95 bits per heavy atom. The predicted molar refractivity (Wildman–Crippen MR) is 77.4 cm³/mol. The summed E-state index contributed by atoms with van der Waals surface area (Å²) in [7, 11) is 0. The standard InChI is InChI=1S/C15H22N4/c1-3-12-8-4-5-9-13(12)16-15-17-14-10-6-7-11(2)19(14)18-15/h6-7,10,12-13H,3-5,8-9H2,1-2H3,(H,16,18). The van der Waals surface area contributed by atoms with Crippen LogP contribution in [0.2, 0.25) is 0 Å². The van der Waals surface area contributed by atoms with Gasteiger partial charge in [0, 0.05) is 11.7 Å². The summed E-state index contributed by atoms with van der Waals surface area (Å²) in [6.07, 6.45) is 6.51. The van der Waals surface area contributed by atoms with Gasteiger partial charge in [-0.2, -0.15) is 4.98 Å². The average Bonchev–Trinajstić information content (AvgIpc) is 2.83. The van der Waals surface area contributed by atoms with Crippen molar-refractivity contribution in [2.45, 2.75) is 52.0 Å². The lowest BCUT2D eigenvalue weighted by molar-refractivity contribution is 0.316. The second-order valence-corrected chi connectivity index (χ2v) is 5.58. The fourth-order valence-corrected chi connectivity index (χ4v) is 3.15. The van der Waals surface area contributed by atoms with Gasteiger partial charge in [-0.05, 0) is 37.8 Å². The van der Waals surface area contributed by atoms with Crippen LogP contribution in [0.15, 0.2) is 18.2 Å². The van der Waals surface area contributed by atoms with Crippen molar-refractivity contribution in [1.29, 1.82) is 0 Å². The van der Waals surface area contributed by atoms with E-state index in [0.717, 1.165) is 23.2 Å². The van der Waals surface area contributed by atoms with Gasteiger partial charge >= 0.3 is 0 Å². The molecule has 1 saturated carbocycles. The molecular formula is C15H22N4. The van der Waals surface area contributed by atoms with E-state index in [1.807, 2.05) is 16.6 Å². The molecule has 4 heteroatoms. The largest absolute Gasteiger partial charge is 0.350 e. The van der Waals surface area contributed by atoms with Crippen LogP contribution < -0.4 is 5.32 Å². The molecule has 0 saturated heterocycles. The quantitative estimate of drug-likeness (QED) is 0.917. The van der Waals surface area contributed by atoms with E-state index >= 15 is 0 Å². The van der Waals surface area contributed by atoms with Crippen molar-refractivity contribution in [2.24, 2.45) is 5.92 Å². The molecule has 2 aromatic rings. The van der Waals surface area contributed by atoms with E-state index in [-0.39, 0.29) is 0 Å². The number of nitrogens with zero attached hydrogens (tertiary/aromatic N) is 3. The summed E-state index contributed by atoms with van der Waals surface area (Å²) in [5.41, 5.74) is 2.04. The molecule has 1 fully saturated rings. The summed E-state index contributed by atoms with van der Waals surface area (Å²) in [4.78, 5) is 4.58. The minimum Gasteiger partial charge on any atom is -0.350 e. The molecule has 0 amide bonds. The van der Waals surface area contributed by atoms with Gasteiger partial charge < -0.3 is 5.32 Å². The highest BCUT2D eigenvalue weighted by Crippen LogP contribution is 2.28. The number of hydrogen-bond acceptors (Lipinski definition) is 3. The average molecular weight is 258 g/mol. The first-order valence-electron chi connectivity index (χ1n) is 7.37. The summed E-state index contributed by atoms with van der Waals surface area (Å²) in [6.45, 7) is 4.34. The van der Waals surface area contributed by atoms with Gasteiger partial charge in [0.05, 0.1) is 0 Å². The monoisotopic (exact) mass is 258 g/mol. The molecule has 0 aliphatic heterocycles. The van der Waals surface area contributed by atoms with Crippen LogP contribution in [0.3, 0.4) is 0 Å². The van der Waals surface area contributed by atoms with Crippen LogP contribution in [0, 0.1) is 12.8 Å². The fraction of sp³-hybridized carbons (Fsp3) is 0.600. The first-order valence-corrected chi connectivity index (χ1v) is 7.37. The number of pyridine rings is 1. The Hall–Kier alpha value is -1.58. The van der Waals surface area contributed by atoms with Crippen LogP contribution in [-0.4, -0.2) is 20.6 Å². The number of aromatic nitrogens is 3. The van der Waals surface area contributed by atoms with Crippen LogP contribution in [0.1, 0.15) is 44.7 Å². The summed E-state index contributed by atoms with van der Waals surface area (Å²) in [6, 6.07) is 6.62. The number of rotatable bonds is 3. The van der Waals surface area contributed by atoms with Crippen LogP contribution in [0.25, 0.3) is 5.65 Å².